The molecule has 0 saturated carbocycles. The Kier molecular flexibility index (Phi) is 5.76. The average molecular weight is 282 g/mol. The van der Waals surface area contributed by atoms with E-state index in [2.05, 4.69) is 10.2 Å². The fourth-order valence-corrected chi connectivity index (χ4v) is 2.25. The van der Waals surface area contributed by atoms with Crippen molar-refractivity contribution in [3.8, 4) is 5.75 Å². The van der Waals surface area contributed by atoms with Crippen LogP contribution in [0.2, 0.25) is 0 Å². The van der Waals surface area contributed by atoms with Crippen molar-refractivity contribution in [2.24, 2.45) is 0 Å². The molecule has 4 nitrogen and oxygen atoms in total. The minimum atomic E-state index is -0.234. The van der Waals surface area contributed by atoms with Gasteiger partial charge in [-0.25, -0.2) is 4.39 Å². The Morgan fingerprint density at radius 3 is 2.85 bits per heavy atom. The van der Waals surface area contributed by atoms with Gasteiger partial charge in [-0.1, -0.05) is 0 Å². The van der Waals surface area contributed by atoms with Gasteiger partial charge in [0.1, 0.15) is 18.2 Å². The van der Waals surface area contributed by atoms with Crippen LogP contribution in [0.25, 0.3) is 0 Å². The molecule has 0 spiro atoms. The van der Waals surface area contributed by atoms with E-state index in [1.807, 2.05) is 14.0 Å². The Hall–Kier alpha value is -1.17. The van der Waals surface area contributed by atoms with E-state index in [9.17, 15) is 4.39 Å². The third-order valence-electron chi connectivity index (χ3n) is 3.64. The van der Waals surface area contributed by atoms with E-state index in [1.165, 1.54) is 12.1 Å². The molecule has 1 aliphatic rings. The van der Waals surface area contributed by atoms with Crippen LogP contribution >= 0.6 is 0 Å². The van der Waals surface area contributed by atoms with Crippen LogP contribution in [0.4, 0.5) is 4.39 Å². The van der Waals surface area contributed by atoms with E-state index in [1.54, 1.807) is 6.07 Å². The number of ether oxygens (including phenoxy) is 2. The second kappa shape index (κ2) is 7.57. The topological polar surface area (TPSA) is 33.7 Å². The third kappa shape index (κ3) is 4.16. The van der Waals surface area contributed by atoms with Gasteiger partial charge in [-0.2, -0.15) is 0 Å². The molecule has 20 heavy (non-hydrogen) atoms. The predicted octanol–water partition coefficient (Wildman–Crippen LogP) is 1.82. The number of morpholine rings is 1. The van der Waals surface area contributed by atoms with Gasteiger partial charge in [0.25, 0.3) is 0 Å². The smallest absolute Gasteiger partial charge is 0.124 e. The van der Waals surface area contributed by atoms with Crippen LogP contribution in [-0.2, 0) is 4.74 Å². The summed E-state index contributed by atoms with van der Waals surface area (Å²) in [6.07, 6.45) is 0. The molecule has 112 valence electrons. The van der Waals surface area contributed by atoms with Gasteiger partial charge in [0.2, 0.25) is 0 Å². The fourth-order valence-electron chi connectivity index (χ4n) is 2.25. The first-order valence-corrected chi connectivity index (χ1v) is 7.10. The van der Waals surface area contributed by atoms with Gasteiger partial charge in [0.15, 0.2) is 0 Å². The monoisotopic (exact) mass is 282 g/mol. The van der Waals surface area contributed by atoms with E-state index in [-0.39, 0.29) is 11.9 Å². The van der Waals surface area contributed by atoms with Gasteiger partial charge in [0.05, 0.1) is 13.2 Å². The lowest BCUT2D eigenvalue weighted by Crippen LogP contribution is -2.38. The molecule has 1 saturated heterocycles. The molecule has 0 amide bonds. The van der Waals surface area contributed by atoms with Crippen LogP contribution in [-0.4, -0.2) is 51.4 Å². The Balaban J connectivity index is 1.91. The zero-order chi connectivity index (χ0) is 14.4. The van der Waals surface area contributed by atoms with Crippen LogP contribution in [0.5, 0.6) is 5.75 Å². The zero-order valence-corrected chi connectivity index (χ0v) is 12.2. The summed E-state index contributed by atoms with van der Waals surface area (Å²) in [6, 6.07) is 4.74. The van der Waals surface area contributed by atoms with E-state index in [0.717, 1.165) is 44.2 Å². The third-order valence-corrected chi connectivity index (χ3v) is 3.64. The van der Waals surface area contributed by atoms with Crippen LogP contribution in [0.15, 0.2) is 18.2 Å². The summed E-state index contributed by atoms with van der Waals surface area (Å²) in [6.45, 7) is 6.95. The summed E-state index contributed by atoms with van der Waals surface area (Å²) in [5.41, 5.74) is 0.856. The lowest BCUT2D eigenvalue weighted by molar-refractivity contribution is 0.0322. The fraction of sp³-hybridized carbons (Fsp3) is 0.600. The molecule has 5 heteroatoms. The highest BCUT2D eigenvalue weighted by atomic mass is 19.1. The van der Waals surface area contributed by atoms with Crippen LogP contribution < -0.4 is 10.1 Å². The van der Waals surface area contributed by atoms with Crippen molar-refractivity contribution < 1.29 is 13.9 Å². The van der Waals surface area contributed by atoms with E-state index in [4.69, 9.17) is 9.47 Å². The standard InChI is InChI=1S/C15H23FN2O2/c1-12(17-2)14-11-13(16)3-4-15(14)20-10-7-18-5-8-19-9-6-18/h3-4,11-12,17H,5-10H2,1-2H3. The highest BCUT2D eigenvalue weighted by Gasteiger charge is 2.13. The first kappa shape index (κ1) is 15.2. The summed E-state index contributed by atoms with van der Waals surface area (Å²) >= 11 is 0. The highest BCUT2D eigenvalue weighted by Crippen LogP contribution is 2.25. The SMILES string of the molecule is CNC(C)c1cc(F)ccc1OCCN1CCOCC1. The largest absolute Gasteiger partial charge is 0.492 e. The first-order valence-electron chi connectivity index (χ1n) is 7.10. The molecule has 1 atom stereocenters. The van der Waals surface area contributed by atoms with Gasteiger partial charge in [-0.3, -0.25) is 4.90 Å². The molecule has 1 N–H and O–H groups in total. The highest BCUT2D eigenvalue weighted by molar-refractivity contribution is 5.36. The maximum atomic E-state index is 13.4. The molecule has 0 aliphatic carbocycles. The zero-order valence-electron chi connectivity index (χ0n) is 12.2. The van der Waals surface area contributed by atoms with Gasteiger partial charge >= 0.3 is 0 Å². The number of benzene rings is 1. The average Bonchev–Trinajstić information content (AvgIpc) is 2.49. The van der Waals surface area contributed by atoms with Crippen LogP contribution in [0, 0.1) is 5.82 Å². The number of nitrogens with one attached hydrogen (secondary N) is 1. The maximum Gasteiger partial charge on any atom is 0.124 e. The summed E-state index contributed by atoms with van der Waals surface area (Å²) in [5.74, 6) is 0.518. The summed E-state index contributed by atoms with van der Waals surface area (Å²) in [7, 11) is 1.85. The molecule has 2 rings (SSSR count). The van der Waals surface area contributed by atoms with Crippen molar-refractivity contribution in [3.63, 3.8) is 0 Å². The van der Waals surface area contributed by atoms with Gasteiger partial charge in [-0.05, 0) is 32.2 Å². The summed E-state index contributed by atoms with van der Waals surface area (Å²) in [4.78, 5) is 2.31. The summed E-state index contributed by atoms with van der Waals surface area (Å²) < 4.78 is 24.5. The molecular formula is C15H23FN2O2. The Bertz CT molecular complexity index is 422. The quantitative estimate of drug-likeness (QED) is 0.863. The van der Waals surface area contributed by atoms with Gasteiger partial charge < -0.3 is 14.8 Å². The number of halogens is 1. The Morgan fingerprint density at radius 2 is 2.15 bits per heavy atom. The molecule has 1 aromatic rings. The van der Waals surface area contributed by atoms with Crippen molar-refractivity contribution in [1.29, 1.82) is 0 Å². The number of rotatable bonds is 6. The minimum absolute atomic E-state index is 0.0593. The minimum Gasteiger partial charge on any atom is -0.492 e. The molecular weight excluding hydrogens is 259 g/mol. The molecule has 1 unspecified atom stereocenters. The molecule has 1 heterocycles. The lowest BCUT2D eigenvalue weighted by Gasteiger charge is -2.26. The van der Waals surface area contributed by atoms with Crippen LogP contribution in [0.3, 0.4) is 0 Å². The molecule has 0 aromatic heterocycles. The molecule has 1 aliphatic heterocycles. The summed E-state index contributed by atoms with van der Waals surface area (Å²) in [5, 5.41) is 3.12. The van der Waals surface area contributed by atoms with Gasteiger partial charge in [-0.15, -0.1) is 0 Å². The number of nitrogens with zero attached hydrogens (tertiary/aromatic N) is 1. The van der Waals surface area contributed by atoms with Crippen molar-refractivity contribution >= 4 is 0 Å². The molecule has 1 fully saturated rings. The Morgan fingerprint density at radius 1 is 1.40 bits per heavy atom. The van der Waals surface area contributed by atoms with Crippen molar-refractivity contribution in [2.45, 2.75) is 13.0 Å². The molecule has 0 radical (unpaired) electrons. The van der Waals surface area contributed by atoms with Gasteiger partial charge in [0, 0.05) is 31.2 Å². The maximum absolute atomic E-state index is 13.4. The van der Waals surface area contributed by atoms with Crippen molar-refractivity contribution in [3.05, 3.63) is 29.6 Å². The second-order valence-electron chi connectivity index (χ2n) is 4.99. The number of hydrogen-bond donors (Lipinski definition) is 1. The predicted molar refractivity (Wildman–Crippen MR) is 76.6 cm³/mol. The molecule has 0 bridgehead atoms. The first-order chi connectivity index (χ1) is 9.70. The van der Waals surface area contributed by atoms with E-state index >= 15 is 0 Å². The normalized spacial score (nSPS) is 17.9. The van der Waals surface area contributed by atoms with Crippen molar-refractivity contribution in [1.82, 2.24) is 10.2 Å². The lowest BCUT2D eigenvalue weighted by atomic mass is 10.1. The van der Waals surface area contributed by atoms with E-state index in [0.29, 0.717) is 6.61 Å². The van der Waals surface area contributed by atoms with E-state index < -0.39 is 0 Å². The van der Waals surface area contributed by atoms with Crippen LogP contribution in [0.1, 0.15) is 18.5 Å². The Labute approximate surface area is 119 Å². The van der Waals surface area contributed by atoms with Crippen molar-refractivity contribution in [2.75, 3.05) is 46.5 Å². The number of hydrogen-bond acceptors (Lipinski definition) is 4. The molecule has 1 aromatic carbocycles. The second-order valence-corrected chi connectivity index (χ2v) is 4.99.